The highest BCUT2D eigenvalue weighted by atomic mass is 35.5. The van der Waals surface area contributed by atoms with Crippen LogP contribution in [0.2, 0.25) is 5.02 Å². The molecular weight excluding hydrogens is 251 g/mol. The highest BCUT2D eigenvalue weighted by Crippen LogP contribution is 2.24. The molecule has 0 heterocycles. The van der Waals surface area contributed by atoms with Crippen molar-refractivity contribution in [1.29, 1.82) is 0 Å². The fourth-order valence-electron chi connectivity index (χ4n) is 1.87. The summed E-state index contributed by atoms with van der Waals surface area (Å²) >= 11 is 5.93. The van der Waals surface area contributed by atoms with Crippen molar-refractivity contribution in [2.45, 2.75) is 19.4 Å². The van der Waals surface area contributed by atoms with E-state index in [1.54, 1.807) is 30.3 Å². The van der Waals surface area contributed by atoms with E-state index < -0.39 is 6.10 Å². The Labute approximate surface area is 111 Å². The highest BCUT2D eigenvalue weighted by molar-refractivity contribution is 6.31. The number of hydrogen-bond acceptors (Lipinski definition) is 1. The van der Waals surface area contributed by atoms with Crippen molar-refractivity contribution in [3.63, 3.8) is 0 Å². The summed E-state index contributed by atoms with van der Waals surface area (Å²) in [7, 11) is 0. The first-order valence-corrected chi connectivity index (χ1v) is 6.13. The molecule has 2 aromatic rings. The van der Waals surface area contributed by atoms with Crippen molar-refractivity contribution in [2.75, 3.05) is 0 Å². The van der Waals surface area contributed by atoms with E-state index in [-0.39, 0.29) is 12.2 Å². The highest BCUT2D eigenvalue weighted by Gasteiger charge is 2.12. The first-order valence-electron chi connectivity index (χ1n) is 5.75. The molecule has 0 spiro atoms. The molecule has 1 atom stereocenters. The van der Waals surface area contributed by atoms with Gasteiger partial charge in [0.15, 0.2) is 0 Å². The molecule has 1 unspecified atom stereocenters. The van der Waals surface area contributed by atoms with Crippen LogP contribution >= 0.6 is 11.6 Å². The second-order valence-electron chi connectivity index (χ2n) is 4.32. The van der Waals surface area contributed by atoms with Crippen molar-refractivity contribution in [1.82, 2.24) is 0 Å². The molecule has 0 aliphatic heterocycles. The minimum absolute atomic E-state index is 0.258. The molecule has 2 rings (SSSR count). The van der Waals surface area contributed by atoms with Crippen LogP contribution in [0, 0.1) is 12.7 Å². The van der Waals surface area contributed by atoms with Gasteiger partial charge in [-0.2, -0.15) is 0 Å². The van der Waals surface area contributed by atoms with E-state index in [4.69, 9.17) is 11.6 Å². The second-order valence-corrected chi connectivity index (χ2v) is 4.73. The zero-order valence-electron chi connectivity index (χ0n) is 10.0. The van der Waals surface area contributed by atoms with E-state index in [1.165, 1.54) is 6.07 Å². The molecular formula is C15H14ClFO. The van der Waals surface area contributed by atoms with Gasteiger partial charge in [-0.05, 0) is 35.7 Å². The Bertz CT molecular complexity index is 554. The molecule has 0 bridgehead atoms. The summed E-state index contributed by atoms with van der Waals surface area (Å²) in [6, 6.07) is 11.8. The molecule has 0 radical (unpaired) electrons. The molecule has 94 valence electrons. The van der Waals surface area contributed by atoms with Crippen molar-refractivity contribution < 1.29 is 9.50 Å². The minimum Gasteiger partial charge on any atom is -0.388 e. The molecule has 18 heavy (non-hydrogen) atoms. The van der Waals surface area contributed by atoms with Gasteiger partial charge in [0, 0.05) is 11.4 Å². The van der Waals surface area contributed by atoms with E-state index in [0.717, 1.165) is 11.1 Å². The van der Waals surface area contributed by atoms with Gasteiger partial charge in [0.05, 0.1) is 6.10 Å². The van der Waals surface area contributed by atoms with Crippen LogP contribution in [-0.4, -0.2) is 5.11 Å². The fourth-order valence-corrected chi connectivity index (χ4v) is 1.98. The normalized spacial score (nSPS) is 12.4. The molecule has 3 heteroatoms. The summed E-state index contributed by atoms with van der Waals surface area (Å²) in [5.41, 5.74) is 2.17. The van der Waals surface area contributed by atoms with Gasteiger partial charge in [-0.3, -0.25) is 0 Å². The number of aliphatic hydroxyl groups is 1. The van der Waals surface area contributed by atoms with Crippen LogP contribution in [-0.2, 0) is 6.42 Å². The summed E-state index contributed by atoms with van der Waals surface area (Å²) in [6.07, 6.45) is -0.467. The maximum Gasteiger partial charge on any atom is 0.126 e. The van der Waals surface area contributed by atoms with Crippen LogP contribution in [0.4, 0.5) is 4.39 Å². The topological polar surface area (TPSA) is 20.2 Å². The lowest BCUT2D eigenvalue weighted by Gasteiger charge is -2.13. The predicted octanol–water partition coefficient (Wildman–Crippen LogP) is 4.06. The summed E-state index contributed by atoms with van der Waals surface area (Å²) in [5, 5.41) is 10.8. The first-order chi connectivity index (χ1) is 8.58. The Morgan fingerprint density at radius 1 is 1.22 bits per heavy atom. The number of rotatable bonds is 3. The van der Waals surface area contributed by atoms with Crippen LogP contribution in [0.5, 0.6) is 0 Å². The third-order valence-electron chi connectivity index (χ3n) is 2.94. The summed E-state index contributed by atoms with van der Waals surface area (Å²) in [4.78, 5) is 0. The number of halogens is 2. The Hall–Kier alpha value is -1.38. The van der Waals surface area contributed by atoms with Crippen molar-refractivity contribution in [3.8, 4) is 0 Å². The fraction of sp³-hybridized carbons (Fsp3) is 0.200. The number of hydrogen-bond donors (Lipinski definition) is 1. The van der Waals surface area contributed by atoms with Gasteiger partial charge in [-0.1, -0.05) is 41.9 Å². The zero-order valence-corrected chi connectivity index (χ0v) is 10.8. The largest absolute Gasteiger partial charge is 0.388 e. The zero-order chi connectivity index (χ0) is 13.1. The van der Waals surface area contributed by atoms with Crippen molar-refractivity contribution in [3.05, 3.63) is 70.0 Å². The third-order valence-corrected chi connectivity index (χ3v) is 3.36. The lowest BCUT2D eigenvalue weighted by Crippen LogP contribution is -2.03. The maximum atomic E-state index is 13.5. The standard InChI is InChI=1S/C15H14ClFO/c1-10-8-12(6-7-13(10)16)15(18)9-11-4-2-3-5-14(11)17/h2-8,15,18H,9H2,1H3. The molecule has 0 saturated heterocycles. The third kappa shape index (κ3) is 2.89. The van der Waals surface area contributed by atoms with Gasteiger partial charge in [0.25, 0.3) is 0 Å². The van der Waals surface area contributed by atoms with E-state index in [2.05, 4.69) is 0 Å². The van der Waals surface area contributed by atoms with E-state index >= 15 is 0 Å². The lowest BCUT2D eigenvalue weighted by atomic mass is 10.00. The molecule has 0 saturated carbocycles. The van der Waals surface area contributed by atoms with Crippen molar-refractivity contribution in [2.24, 2.45) is 0 Å². The lowest BCUT2D eigenvalue weighted by molar-refractivity contribution is 0.177. The maximum absolute atomic E-state index is 13.5. The first kappa shape index (κ1) is 13.1. The molecule has 1 nitrogen and oxygen atoms in total. The molecule has 0 aliphatic rings. The predicted molar refractivity (Wildman–Crippen MR) is 71.3 cm³/mol. The van der Waals surface area contributed by atoms with Crippen LogP contribution in [0.25, 0.3) is 0 Å². The van der Waals surface area contributed by atoms with Gasteiger partial charge < -0.3 is 5.11 Å². The number of aliphatic hydroxyl groups excluding tert-OH is 1. The Kier molecular flexibility index (Phi) is 4.00. The van der Waals surface area contributed by atoms with Gasteiger partial charge in [-0.25, -0.2) is 4.39 Å². The summed E-state index contributed by atoms with van der Waals surface area (Å²) in [5.74, 6) is -0.290. The number of benzene rings is 2. The van der Waals surface area contributed by atoms with Gasteiger partial charge in [0.2, 0.25) is 0 Å². The van der Waals surface area contributed by atoms with Crippen LogP contribution < -0.4 is 0 Å². The van der Waals surface area contributed by atoms with Crippen LogP contribution in [0.1, 0.15) is 22.8 Å². The van der Waals surface area contributed by atoms with Gasteiger partial charge in [0.1, 0.15) is 5.82 Å². The summed E-state index contributed by atoms with van der Waals surface area (Å²) < 4.78 is 13.5. The summed E-state index contributed by atoms with van der Waals surface area (Å²) in [6.45, 7) is 1.88. The number of aryl methyl sites for hydroxylation is 1. The molecule has 1 N–H and O–H groups in total. The van der Waals surface area contributed by atoms with Crippen LogP contribution in [0.3, 0.4) is 0 Å². The average molecular weight is 265 g/mol. The smallest absolute Gasteiger partial charge is 0.126 e. The average Bonchev–Trinajstić information content (AvgIpc) is 2.35. The Balaban J connectivity index is 2.19. The molecule has 0 aromatic heterocycles. The van der Waals surface area contributed by atoms with E-state index in [9.17, 15) is 9.50 Å². The quantitative estimate of drug-likeness (QED) is 0.886. The van der Waals surface area contributed by atoms with Gasteiger partial charge in [-0.15, -0.1) is 0 Å². The monoisotopic (exact) mass is 264 g/mol. The second kappa shape index (κ2) is 5.51. The Morgan fingerprint density at radius 3 is 2.61 bits per heavy atom. The Morgan fingerprint density at radius 2 is 1.94 bits per heavy atom. The van der Waals surface area contributed by atoms with Crippen LogP contribution in [0.15, 0.2) is 42.5 Å². The van der Waals surface area contributed by atoms with E-state index in [1.807, 2.05) is 13.0 Å². The SMILES string of the molecule is Cc1cc(C(O)Cc2ccccc2F)ccc1Cl. The molecule has 0 aliphatic carbocycles. The molecule has 2 aromatic carbocycles. The van der Waals surface area contributed by atoms with Gasteiger partial charge >= 0.3 is 0 Å². The molecule has 0 fully saturated rings. The van der Waals surface area contributed by atoms with Crippen molar-refractivity contribution >= 4 is 11.6 Å². The molecule has 0 amide bonds. The van der Waals surface area contributed by atoms with E-state index in [0.29, 0.717) is 10.6 Å². The minimum atomic E-state index is -0.724.